The van der Waals surface area contributed by atoms with Crippen molar-refractivity contribution in [2.24, 2.45) is 16.8 Å². The number of carbonyl (C=O) groups is 1. The maximum Gasteiger partial charge on any atom is 0.253 e. The van der Waals surface area contributed by atoms with Crippen LogP contribution in [-0.2, 0) is 6.42 Å². The Morgan fingerprint density at radius 2 is 1.90 bits per heavy atom. The Kier molecular flexibility index (Phi) is 12.4. The van der Waals surface area contributed by atoms with Gasteiger partial charge in [0.2, 0.25) is 0 Å². The van der Waals surface area contributed by atoms with Gasteiger partial charge in [-0.2, -0.15) is 0 Å². The Balaban J connectivity index is 0.00000480. The number of aliphatic imine (C=N–C) groups is 1. The molecule has 1 aliphatic heterocycles. The summed E-state index contributed by atoms with van der Waals surface area (Å²) in [6.07, 6.45) is 3.43. The molecule has 1 aliphatic rings. The number of nitrogens with one attached hydrogen (secondary N) is 2. The third-order valence-corrected chi connectivity index (χ3v) is 6.05. The van der Waals surface area contributed by atoms with E-state index < -0.39 is 0 Å². The maximum absolute atomic E-state index is 12.2. The van der Waals surface area contributed by atoms with Crippen LogP contribution in [0.1, 0.15) is 49.5 Å². The molecule has 2 rings (SSSR count). The van der Waals surface area contributed by atoms with Gasteiger partial charge in [0.1, 0.15) is 0 Å². The molecule has 6 nitrogen and oxygen atoms in total. The number of carbonyl (C=O) groups excluding carboxylic acids is 1. The van der Waals surface area contributed by atoms with Gasteiger partial charge in [-0.1, -0.05) is 32.9 Å². The summed E-state index contributed by atoms with van der Waals surface area (Å²) in [5, 5.41) is 6.95. The Morgan fingerprint density at radius 3 is 2.48 bits per heavy atom. The molecule has 1 heterocycles. The minimum Gasteiger partial charge on any atom is -0.356 e. The Hall–Kier alpha value is -1.35. The van der Waals surface area contributed by atoms with Crippen LogP contribution in [-0.4, -0.2) is 75.0 Å². The second kappa shape index (κ2) is 13.9. The lowest BCUT2D eigenvalue weighted by Crippen LogP contribution is -2.51. The number of guanidine groups is 1. The van der Waals surface area contributed by atoms with Gasteiger partial charge in [0.05, 0.1) is 0 Å². The minimum absolute atomic E-state index is 0. The molecular weight excluding hydrogens is 501 g/mol. The Morgan fingerprint density at radius 1 is 1.23 bits per heavy atom. The van der Waals surface area contributed by atoms with Gasteiger partial charge < -0.3 is 15.5 Å². The van der Waals surface area contributed by atoms with Crippen LogP contribution in [0.5, 0.6) is 0 Å². The number of piperidine rings is 1. The molecule has 1 saturated heterocycles. The van der Waals surface area contributed by atoms with Gasteiger partial charge in [0.15, 0.2) is 5.96 Å². The van der Waals surface area contributed by atoms with Crippen molar-refractivity contribution in [3.05, 3.63) is 35.4 Å². The Bertz CT molecular complexity index is 699. The van der Waals surface area contributed by atoms with Crippen LogP contribution in [0.2, 0.25) is 0 Å². The lowest BCUT2D eigenvalue weighted by Gasteiger charge is -2.39. The summed E-state index contributed by atoms with van der Waals surface area (Å²) >= 11 is 0. The topological polar surface area (TPSA) is 60.0 Å². The van der Waals surface area contributed by atoms with E-state index >= 15 is 0 Å². The Labute approximate surface area is 206 Å². The van der Waals surface area contributed by atoms with E-state index in [1.165, 1.54) is 25.9 Å². The molecule has 7 heteroatoms. The number of rotatable bonds is 8. The fourth-order valence-corrected chi connectivity index (χ4v) is 4.01. The second-order valence-corrected chi connectivity index (χ2v) is 9.06. The third-order valence-electron chi connectivity index (χ3n) is 6.05. The van der Waals surface area contributed by atoms with E-state index in [-0.39, 0.29) is 29.9 Å². The van der Waals surface area contributed by atoms with Crippen LogP contribution in [0.4, 0.5) is 0 Å². The summed E-state index contributed by atoms with van der Waals surface area (Å²) < 4.78 is 0. The number of likely N-dealkylation sites (tertiary alicyclic amines) is 1. The van der Waals surface area contributed by atoms with Crippen molar-refractivity contribution in [3.63, 3.8) is 0 Å². The third kappa shape index (κ3) is 8.96. The summed E-state index contributed by atoms with van der Waals surface area (Å²) in [6.45, 7) is 11.0. The number of hydrogen-bond acceptors (Lipinski definition) is 3. The highest BCUT2D eigenvalue weighted by Gasteiger charge is 2.25. The van der Waals surface area contributed by atoms with Crippen LogP contribution in [0.25, 0.3) is 0 Å². The molecular formula is C24H42IN5O. The van der Waals surface area contributed by atoms with Crippen LogP contribution in [0.3, 0.4) is 0 Å². The summed E-state index contributed by atoms with van der Waals surface area (Å²) in [5.41, 5.74) is 1.88. The molecule has 1 atom stereocenters. The molecule has 1 amide bonds. The van der Waals surface area contributed by atoms with Crippen molar-refractivity contribution in [1.29, 1.82) is 0 Å². The van der Waals surface area contributed by atoms with Gasteiger partial charge in [-0.3, -0.25) is 14.7 Å². The number of halogens is 1. The summed E-state index contributed by atoms with van der Waals surface area (Å²) in [7, 11) is 5.38. The quantitative estimate of drug-likeness (QED) is 0.300. The van der Waals surface area contributed by atoms with E-state index in [0.717, 1.165) is 42.5 Å². The molecule has 0 aliphatic carbocycles. The molecule has 31 heavy (non-hydrogen) atoms. The molecule has 0 bridgehead atoms. The fraction of sp³-hybridized carbons (Fsp3) is 0.667. The first kappa shape index (κ1) is 27.7. The van der Waals surface area contributed by atoms with Crippen LogP contribution < -0.4 is 10.6 Å². The second-order valence-electron chi connectivity index (χ2n) is 9.06. The van der Waals surface area contributed by atoms with Crippen molar-refractivity contribution in [2.75, 3.05) is 47.3 Å². The monoisotopic (exact) mass is 543 g/mol. The van der Waals surface area contributed by atoms with Gasteiger partial charge in [-0.15, -0.1) is 24.0 Å². The van der Waals surface area contributed by atoms with Crippen LogP contribution in [0.15, 0.2) is 29.3 Å². The van der Waals surface area contributed by atoms with E-state index in [2.05, 4.69) is 47.4 Å². The highest BCUT2D eigenvalue weighted by Crippen LogP contribution is 2.21. The average molecular weight is 544 g/mol. The van der Waals surface area contributed by atoms with Gasteiger partial charge in [-0.25, -0.2) is 0 Å². The number of amides is 1. The zero-order chi connectivity index (χ0) is 22.1. The van der Waals surface area contributed by atoms with E-state index in [1.54, 1.807) is 19.0 Å². The number of hydrogen-bond donors (Lipinski definition) is 2. The highest BCUT2D eigenvalue weighted by molar-refractivity contribution is 14.0. The zero-order valence-corrected chi connectivity index (χ0v) is 22.5. The zero-order valence-electron chi connectivity index (χ0n) is 20.1. The highest BCUT2D eigenvalue weighted by atomic mass is 127. The summed E-state index contributed by atoms with van der Waals surface area (Å²) in [4.78, 5) is 20.8. The minimum atomic E-state index is 0. The first-order valence-electron chi connectivity index (χ1n) is 11.3. The van der Waals surface area contributed by atoms with Gasteiger partial charge >= 0.3 is 0 Å². The normalized spacial score (nSPS) is 16.5. The first-order valence-corrected chi connectivity index (χ1v) is 11.3. The molecule has 0 saturated carbocycles. The first-order chi connectivity index (χ1) is 14.3. The standard InChI is InChI=1S/C24H41N5O.HI/c1-18(2)22(29-14-11-19(3)12-15-29)17-27-24(25-4)26-13-10-20-8-7-9-21(16-20)23(30)28(5)6;/h7-9,16,18-19,22H,10-15,17H2,1-6H3,(H2,25,26,27);1H. The maximum atomic E-state index is 12.2. The average Bonchev–Trinajstić information content (AvgIpc) is 2.73. The lowest BCUT2D eigenvalue weighted by atomic mass is 9.94. The molecule has 0 aromatic heterocycles. The number of nitrogens with zero attached hydrogens (tertiary/aromatic N) is 3. The summed E-state index contributed by atoms with van der Waals surface area (Å²) in [5.74, 6) is 2.32. The van der Waals surface area contributed by atoms with Crippen LogP contribution >= 0.6 is 24.0 Å². The molecule has 1 aromatic carbocycles. The molecule has 1 fully saturated rings. The smallest absolute Gasteiger partial charge is 0.253 e. The number of benzene rings is 1. The van der Waals surface area contributed by atoms with E-state index in [0.29, 0.717) is 12.0 Å². The molecule has 0 spiro atoms. The lowest BCUT2D eigenvalue weighted by molar-refractivity contribution is 0.0827. The van der Waals surface area contributed by atoms with Gasteiger partial charge in [0.25, 0.3) is 5.91 Å². The predicted octanol–water partition coefficient (Wildman–Crippen LogP) is 3.47. The molecule has 1 unspecified atom stereocenters. The fourth-order valence-electron chi connectivity index (χ4n) is 4.01. The van der Waals surface area contributed by atoms with Crippen molar-refractivity contribution in [3.8, 4) is 0 Å². The largest absolute Gasteiger partial charge is 0.356 e. The van der Waals surface area contributed by atoms with Crippen molar-refractivity contribution in [2.45, 2.75) is 46.1 Å². The van der Waals surface area contributed by atoms with E-state index in [1.807, 2.05) is 25.2 Å². The van der Waals surface area contributed by atoms with E-state index in [4.69, 9.17) is 0 Å². The SMILES string of the molecule is CN=C(NCCc1cccc(C(=O)N(C)C)c1)NCC(C(C)C)N1CCC(C)CC1.I. The predicted molar refractivity (Wildman–Crippen MR) is 142 cm³/mol. The van der Waals surface area contributed by atoms with Crippen LogP contribution in [0, 0.1) is 11.8 Å². The summed E-state index contributed by atoms with van der Waals surface area (Å²) in [6, 6.07) is 8.38. The van der Waals surface area contributed by atoms with Gasteiger partial charge in [0, 0.05) is 45.8 Å². The van der Waals surface area contributed by atoms with Crippen molar-refractivity contribution in [1.82, 2.24) is 20.4 Å². The molecule has 0 radical (unpaired) electrons. The van der Waals surface area contributed by atoms with E-state index in [9.17, 15) is 4.79 Å². The van der Waals surface area contributed by atoms with Crippen molar-refractivity contribution < 1.29 is 4.79 Å². The molecule has 1 aromatic rings. The molecule has 176 valence electrons. The van der Waals surface area contributed by atoms with Crippen molar-refractivity contribution >= 4 is 35.8 Å². The molecule has 2 N–H and O–H groups in total. The van der Waals surface area contributed by atoms with Gasteiger partial charge in [-0.05, 0) is 61.9 Å².